The Balaban J connectivity index is 1.43. The molecule has 1 amide bonds. The predicted molar refractivity (Wildman–Crippen MR) is 126 cm³/mol. The summed E-state index contributed by atoms with van der Waals surface area (Å²) in [6, 6.07) is 10.9. The molecule has 1 spiro atoms. The maximum Gasteiger partial charge on any atom is 0.253 e. The van der Waals surface area contributed by atoms with Crippen molar-refractivity contribution in [2.45, 2.75) is 50.2 Å². The van der Waals surface area contributed by atoms with E-state index < -0.39 is 21.6 Å². The second kappa shape index (κ2) is 10.0. The van der Waals surface area contributed by atoms with Crippen LogP contribution in [0.4, 0.5) is 4.39 Å². The molecular weight excluding hydrogens is 459 g/mol. The number of piperidine rings is 1. The van der Waals surface area contributed by atoms with Gasteiger partial charge in [-0.15, -0.1) is 0 Å². The lowest BCUT2D eigenvalue weighted by molar-refractivity contribution is -0.0857. The lowest BCUT2D eigenvalue weighted by Crippen LogP contribution is -2.55. The van der Waals surface area contributed by atoms with Gasteiger partial charge in [0, 0.05) is 38.0 Å². The Labute approximate surface area is 200 Å². The highest BCUT2D eigenvalue weighted by molar-refractivity contribution is 7.89. The van der Waals surface area contributed by atoms with E-state index in [9.17, 15) is 17.6 Å². The van der Waals surface area contributed by atoms with E-state index >= 15 is 0 Å². The van der Waals surface area contributed by atoms with Gasteiger partial charge in [-0.2, -0.15) is 4.31 Å². The first-order valence-electron chi connectivity index (χ1n) is 11.7. The predicted octanol–water partition coefficient (Wildman–Crippen LogP) is 3.97. The summed E-state index contributed by atoms with van der Waals surface area (Å²) in [5.41, 5.74) is -0.149. The van der Waals surface area contributed by atoms with Crippen LogP contribution in [0, 0.1) is 12.7 Å². The number of aryl methyl sites for hydroxylation is 1. The molecule has 0 bridgehead atoms. The maximum atomic E-state index is 13.7. The SMILES string of the molecule is CCCCOc1ccc(C(=O)N2CCC3(CC2)OCCN3S(=O)(=O)c2ccc(F)c(C)c2)cc1. The molecule has 34 heavy (non-hydrogen) atoms. The molecule has 2 fully saturated rings. The first-order chi connectivity index (χ1) is 16.3. The van der Waals surface area contributed by atoms with Crippen LogP contribution in [0.15, 0.2) is 47.4 Å². The summed E-state index contributed by atoms with van der Waals surface area (Å²) in [6.45, 7) is 5.56. The number of hydrogen-bond donors (Lipinski definition) is 0. The number of benzene rings is 2. The van der Waals surface area contributed by atoms with Crippen molar-refractivity contribution >= 4 is 15.9 Å². The lowest BCUT2D eigenvalue weighted by Gasteiger charge is -2.42. The third kappa shape index (κ3) is 4.82. The molecule has 184 valence electrons. The molecule has 0 unspecified atom stereocenters. The fourth-order valence-corrected chi connectivity index (χ4v) is 6.31. The van der Waals surface area contributed by atoms with E-state index in [1.165, 1.54) is 22.5 Å². The van der Waals surface area contributed by atoms with Gasteiger partial charge in [-0.25, -0.2) is 12.8 Å². The molecule has 9 heteroatoms. The number of carbonyl (C=O) groups is 1. The van der Waals surface area contributed by atoms with E-state index in [0.717, 1.165) is 18.6 Å². The molecule has 0 saturated carbocycles. The van der Waals surface area contributed by atoms with Gasteiger partial charge in [0.2, 0.25) is 10.0 Å². The van der Waals surface area contributed by atoms with Gasteiger partial charge in [0.15, 0.2) is 0 Å². The molecule has 2 aromatic rings. The Morgan fingerprint density at radius 1 is 1.12 bits per heavy atom. The van der Waals surface area contributed by atoms with Crippen molar-refractivity contribution < 1.29 is 27.1 Å². The van der Waals surface area contributed by atoms with Gasteiger partial charge in [0.1, 0.15) is 17.3 Å². The van der Waals surface area contributed by atoms with Gasteiger partial charge in [0.25, 0.3) is 5.91 Å². The second-order valence-corrected chi connectivity index (χ2v) is 10.7. The molecule has 2 heterocycles. The summed E-state index contributed by atoms with van der Waals surface area (Å²) in [4.78, 5) is 14.8. The first-order valence-corrected chi connectivity index (χ1v) is 13.2. The standard InChI is InChI=1S/C25H31FN2O5S/c1-3-4-16-32-21-7-5-20(6-8-21)24(29)27-13-11-25(12-14-27)28(15-17-33-25)34(30,31)22-9-10-23(26)19(2)18-22/h5-10,18H,3-4,11-17H2,1-2H3. The lowest BCUT2D eigenvalue weighted by atomic mass is 10.00. The van der Waals surface area contributed by atoms with Crippen LogP contribution in [0.1, 0.15) is 48.5 Å². The molecule has 4 rings (SSSR count). The molecule has 2 saturated heterocycles. The number of unbranched alkanes of at least 4 members (excludes halogenated alkanes) is 1. The molecular formula is C25H31FN2O5S. The van der Waals surface area contributed by atoms with E-state index in [2.05, 4.69) is 6.92 Å². The largest absolute Gasteiger partial charge is 0.494 e. The maximum absolute atomic E-state index is 13.7. The zero-order chi connectivity index (χ0) is 24.3. The minimum atomic E-state index is -3.87. The third-order valence-electron chi connectivity index (χ3n) is 6.54. The van der Waals surface area contributed by atoms with Crippen molar-refractivity contribution in [1.82, 2.24) is 9.21 Å². The molecule has 0 N–H and O–H groups in total. The number of carbonyl (C=O) groups excluding carboxylic acids is 1. The topological polar surface area (TPSA) is 76.2 Å². The number of likely N-dealkylation sites (tertiary alicyclic amines) is 1. The van der Waals surface area contributed by atoms with Gasteiger partial charge in [-0.05, 0) is 61.4 Å². The summed E-state index contributed by atoms with van der Waals surface area (Å²) in [5, 5.41) is 0. The molecule has 0 radical (unpaired) electrons. The molecule has 2 aliphatic rings. The Kier molecular flexibility index (Phi) is 7.25. The summed E-state index contributed by atoms with van der Waals surface area (Å²) in [7, 11) is -3.87. The highest BCUT2D eigenvalue weighted by Crippen LogP contribution is 2.38. The minimum Gasteiger partial charge on any atom is -0.494 e. The average molecular weight is 491 g/mol. The minimum absolute atomic E-state index is 0.0519. The second-order valence-electron chi connectivity index (χ2n) is 8.80. The van der Waals surface area contributed by atoms with Crippen LogP contribution in [-0.4, -0.2) is 62.1 Å². The van der Waals surface area contributed by atoms with Gasteiger partial charge in [0.05, 0.1) is 18.1 Å². The highest BCUT2D eigenvalue weighted by Gasteiger charge is 2.51. The molecule has 0 atom stereocenters. The van der Waals surface area contributed by atoms with Crippen LogP contribution in [-0.2, 0) is 14.8 Å². The van der Waals surface area contributed by atoms with Crippen molar-refractivity contribution in [1.29, 1.82) is 0 Å². The normalized spacial score (nSPS) is 18.4. The number of hydrogen-bond acceptors (Lipinski definition) is 5. The smallest absolute Gasteiger partial charge is 0.253 e. The number of amides is 1. The van der Waals surface area contributed by atoms with Gasteiger partial charge >= 0.3 is 0 Å². The van der Waals surface area contributed by atoms with Crippen molar-refractivity contribution in [3.63, 3.8) is 0 Å². The van der Waals surface area contributed by atoms with Gasteiger partial charge in [-0.3, -0.25) is 4.79 Å². The van der Waals surface area contributed by atoms with Crippen LogP contribution < -0.4 is 4.74 Å². The van der Waals surface area contributed by atoms with E-state index in [1.54, 1.807) is 36.1 Å². The summed E-state index contributed by atoms with van der Waals surface area (Å²) in [6.07, 6.45) is 2.78. The van der Waals surface area contributed by atoms with Crippen molar-refractivity contribution in [2.75, 3.05) is 32.8 Å². The van der Waals surface area contributed by atoms with E-state index in [4.69, 9.17) is 9.47 Å². The molecule has 2 aliphatic heterocycles. The third-order valence-corrected chi connectivity index (χ3v) is 8.48. The zero-order valence-electron chi connectivity index (χ0n) is 19.6. The molecule has 7 nitrogen and oxygen atoms in total. The van der Waals surface area contributed by atoms with Crippen LogP contribution in [0.3, 0.4) is 0 Å². The quantitative estimate of drug-likeness (QED) is 0.549. The summed E-state index contributed by atoms with van der Waals surface area (Å²) < 4.78 is 53.4. The number of rotatable bonds is 7. The number of halogens is 1. The fourth-order valence-electron chi connectivity index (χ4n) is 4.50. The van der Waals surface area contributed by atoms with Crippen molar-refractivity contribution in [3.8, 4) is 5.75 Å². The van der Waals surface area contributed by atoms with Gasteiger partial charge < -0.3 is 14.4 Å². The number of nitrogens with zero attached hydrogens (tertiary/aromatic N) is 2. The van der Waals surface area contributed by atoms with Crippen LogP contribution >= 0.6 is 0 Å². The molecule has 2 aromatic carbocycles. The van der Waals surface area contributed by atoms with Crippen LogP contribution in [0.2, 0.25) is 0 Å². The van der Waals surface area contributed by atoms with Crippen molar-refractivity contribution in [3.05, 3.63) is 59.4 Å². The van der Waals surface area contributed by atoms with Crippen LogP contribution in [0.5, 0.6) is 5.75 Å². The number of sulfonamides is 1. The Morgan fingerprint density at radius 3 is 2.47 bits per heavy atom. The number of ether oxygens (including phenoxy) is 2. The Morgan fingerprint density at radius 2 is 1.82 bits per heavy atom. The summed E-state index contributed by atoms with van der Waals surface area (Å²) >= 11 is 0. The molecule has 0 aromatic heterocycles. The monoisotopic (exact) mass is 490 g/mol. The van der Waals surface area contributed by atoms with Gasteiger partial charge in [-0.1, -0.05) is 13.3 Å². The first kappa shape index (κ1) is 24.6. The van der Waals surface area contributed by atoms with E-state index in [1.807, 2.05) is 0 Å². The van der Waals surface area contributed by atoms with Crippen molar-refractivity contribution in [2.24, 2.45) is 0 Å². The van der Waals surface area contributed by atoms with E-state index in [-0.39, 0.29) is 29.5 Å². The fraction of sp³-hybridized carbons (Fsp3) is 0.480. The Bertz CT molecular complexity index is 1130. The average Bonchev–Trinajstić information content (AvgIpc) is 3.25. The van der Waals surface area contributed by atoms with E-state index in [0.29, 0.717) is 38.1 Å². The van der Waals surface area contributed by atoms with Crippen LogP contribution in [0.25, 0.3) is 0 Å². The Hall–Kier alpha value is -2.49. The highest BCUT2D eigenvalue weighted by atomic mass is 32.2. The summed E-state index contributed by atoms with van der Waals surface area (Å²) in [5.74, 6) is 0.189. The molecule has 0 aliphatic carbocycles. The zero-order valence-corrected chi connectivity index (χ0v) is 20.4.